The van der Waals surface area contributed by atoms with Gasteiger partial charge in [-0.1, -0.05) is 24.1 Å². The van der Waals surface area contributed by atoms with E-state index < -0.39 is 5.97 Å². The van der Waals surface area contributed by atoms with Gasteiger partial charge in [0.05, 0.1) is 11.9 Å². The summed E-state index contributed by atoms with van der Waals surface area (Å²) in [6, 6.07) is 7.09. The van der Waals surface area contributed by atoms with Crippen molar-refractivity contribution >= 4 is 17.6 Å². The van der Waals surface area contributed by atoms with Crippen LogP contribution in [0.5, 0.6) is 0 Å². The minimum Gasteiger partial charge on any atom is -0.476 e. The van der Waals surface area contributed by atoms with Gasteiger partial charge in [0.1, 0.15) is 0 Å². The van der Waals surface area contributed by atoms with E-state index in [0.717, 1.165) is 12.8 Å². The third-order valence-electron chi connectivity index (χ3n) is 4.06. The molecule has 0 aliphatic heterocycles. The Kier molecular flexibility index (Phi) is 4.36. The number of hydrogen-bond donors (Lipinski definition) is 2. The SMILES string of the molecule is O=C(CC1CCCC1)Nc1cccc(-n2cc(C(=O)O)nn2)c1. The van der Waals surface area contributed by atoms with Crippen LogP contribution in [-0.4, -0.2) is 32.0 Å². The zero-order chi connectivity index (χ0) is 16.2. The molecule has 1 fully saturated rings. The number of amides is 1. The molecular weight excluding hydrogens is 296 g/mol. The molecular formula is C16H18N4O3. The van der Waals surface area contributed by atoms with Crippen LogP contribution in [0.4, 0.5) is 5.69 Å². The molecule has 0 saturated heterocycles. The van der Waals surface area contributed by atoms with Crippen molar-refractivity contribution < 1.29 is 14.7 Å². The van der Waals surface area contributed by atoms with Crippen molar-refractivity contribution in [2.45, 2.75) is 32.1 Å². The van der Waals surface area contributed by atoms with Gasteiger partial charge in [-0.3, -0.25) is 4.79 Å². The van der Waals surface area contributed by atoms with Gasteiger partial charge in [0.25, 0.3) is 0 Å². The molecule has 1 aliphatic rings. The standard InChI is InChI=1S/C16H18N4O3/c21-15(8-11-4-1-2-5-11)17-12-6-3-7-13(9-12)20-10-14(16(22)23)18-19-20/h3,6-7,9-11H,1-2,4-5,8H2,(H,17,21)(H,22,23). The number of nitrogens with zero attached hydrogens (tertiary/aromatic N) is 3. The van der Waals surface area contributed by atoms with Gasteiger partial charge >= 0.3 is 5.97 Å². The fourth-order valence-corrected chi connectivity index (χ4v) is 2.90. The lowest BCUT2D eigenvalue weighted by atomic mass is 10.0. The van der Waals surface area contributed by atoms with Crippen LogP contribution in [0.15, 0.2) is 30.5 Å². The van der Waals surface area contributed by atoms with Crippen LogP contribution < -0.4 is 5.32 Å². The first-order valence-corrected chi connectivity index (χ1v) is 7.68. The predicted molar refractivity (Wildman–Crippen MR) is 83.5 cm³/mol. The first kappa shape index (κ1) is 15.2. The van der Waals surface area contributed by atoms with Crippen LogP contribution in [0, 0.1) is 5.92 Å². The summed E-state index contributed by atoms with van der Waals surface area (Å²) in [5.41, 5.74) is 1.18. The summed E-state index contributed by atoms with van der Waals surface area (Å²) in [4.78, 5) is 22.9. The van der Waals surface area contributed by atoms with Gasteiger partial charge in [0.15, 0.2) is 5.69 Å². The number of nitrogens with one attached hydrogen (secondary N) is 1. The number of anilines is 1. The highest BCUT2D eigenvalue weighted by Crippen LogP contribution is 2.27. The highest BCUT2D eigenvalue weighted by Gasteiger charge is 2.18. The maximum atomic E-state index is 12.1. The van der Waals surface area contributed by atoms with Gasteiger partial charge in [-0.15, -0.1) is 5.10 Å². The van der Waals surface area contributed by atoms with E-state index in [1.807, 2.05) is 0 Å². The number of carbonyl (C=O) groups excluding carboxylic acids is 1. The summed E-state index contributed by atoms with van der Waals surface area (Å²) in [6.07, 6.45) is 6.57. The maximum absolute atomic E-state index is 12.1. The molecule has 1 amide bonds. The molecule has 2 aromatic rings. The van der Waals surface area contributed by atoms with Crippen LogP contribution in [0.3, 0.4) is 0 Å². The van der Waals surface area contributed by atoms with E-state index in [4.69, 9.17) is 5.11 Å². The van der Waals surface area contributed by atoms with Gasteiger partial charge < -0.3 is 10.4 Å². The molecule has 2 N–H and O–H groups in total. The fourth-order valence-electron chi connectivity index (χ4n) is 2.90. The Hall–Kier alpha value is -2.70. The smallest absolute Gasteiger partial charge is 0.358 e. The van der Waals surface area contributed by atoms with Crippen LogP contribution in [0.25, 0.3) is 5.69 Å². The van der Waals surface area contributed by atoms with E-state index in [9.17, 15) is 9.59 Å². The number of carboxylic acid groups (broad SMARTS) is 1. The van der Waals surface area contributed by atoms with Crippen molar-refractivity contribution in [3.63, 3.8) is 0 Å². The molecule has 1 aliphatic carbocycles. The Morgan fingerprint density at radius 2 is 2.09 bits per heavy atom. The molecule has 1 saturated carbocycles. The Bertz CT molecular complexity index is 720. The molecule has 0 bridgehead atoms. The van der Waals surface area contributed by atoms with Gasteiger partial charge in [-0.25, -0.2) is 9.48 Å². The molecule has 120 valence electrons. The van der Waals surface area contributed by atoms with Crippen molar-refractivity contribution in [3.05, 3.63) is 36.2 Å². The monoisotopic (exact) mass is 314 g/mol. The zero-order valence-corrected chi connectivity index (χ0v) is 12.6. The van der Waals surface area contributed by atoms with Gasteiger partial charge in [-0.05, 0) is 37.0 Å². The fraction of sp³-hybridized carbons (Fsp3) is 0.375. The van der Waals surface area contributed by atoms with E-state index >= 15 is 0 Å². The summed E-state index contributed by atoms with van der Waals surface area (Å²) in [5.74, 6) is -0.622. The molecule has 1 aromatic carbocycles. The lowest BCUT2D eigenvalue weighted by molar-refractivity contribution is -0.117. The van der Waals surface area contributed by atoms with E-state index in [0.29, 0.717) is 23.7 Å². The molecule has 0 atom stereocenters. The van der Waals surface area contributed by atoms with Crippen molar-refractivity contribution in [1.82, 2.24) is 15.0 Å². The van der Waals surface area contributed by atoms with Crippen molar-refractivity contribution in [1.29, 1.82) is 0 Å². The van der Waals surface area contributed by atoms with E-state index in [1.165, 1.54) is 23.7 Å². The molecule has 23 heavy (non-hydrogen) atoms. The number of carboxylic acids is 1. The second kappa shape index (κ2) is 6.60. The molecule has 7 nitrogen and oxygen atoms in total. The second-order valence-corrected chi connectivity index (χ2v) is 5.81. The topological polar surface area (TPSA) is 97.1 Å². The number of aromatic nitrogens is 3. The number of carbonyl (C=O) groups is 2. The molecule has 0 radical (unpaired) electrons. The number of aromatic carboxylic acids is 1. The largest absolute Gasteiger partial charge is 0.476 e. The lowest BCUT2D eigenvalue weighted by Crippen LogP contribution is -2.15. The summed E-state index contributed by atoms with van der Waals surface area (Å²) in [6.45, 7) is 0. The highest BCUT2D eigenvalue weighted by atomic mass is 16.4. The maximum Gasteiger partial charge on any atom is 0.358 e. The predicted octanol–water partition coefficient (Wildman–Crippen LogP) is 2.48. The first-order chi connectivity index (χ1) is 11.1. The average Bonchev–Trinajstić information content (AvgIpc) is 3.18. The highest BCUT2D eigenvalue weighted by molar-refractivity contribution is 5.91. The van der Waals surface area contributed by atoms with Crippen LogP contribution >= 0.6 is 0 Å². The average molecular weight is 314 g/mol. The van der Waals surface area contributed by atoms with Gasteiger partial charge in [-0.2, -0.15) is 0 Å². The van der Waals surface area contributed by atoms with Crippen LogP contribution in [-0.2, 0) is 4.79 Å². The molecule has 1 heterocycles. The van der Waals surface area contributed by atoms with Crippen molar-refractivity contribution in [3.8, 4) is 5.69 Å². The minimum atomic E-state index is -1.13. The van der Waals surface area contributed by atoms with E-state index in [2.05, 4.69) is 15.6 Å². The second-order valence-electron chi connectivity index (χ2n) is 5.81. The van der Waals surface area contributed by atoms with Crippen molar-refractivity contribution in [2.24, 2.45) is 5.92 Å². The molecule has 0 spiro atoms. The first-order valence-electron chi connectivity index (χ1n) is 7.68. The number of benzene rings is 1. The quantitative estimate of drug-likeness (QED) is 0.883. The zero-order valence-electron chi connectivity index (χ0n) is 12.6. The number of rotatable bonds is 5. The van der Waals surface area contributed by atoms with Gasteiger partial charge in [0, 0.05) is 12.1 Å². The lowest BCUT2D eigenvalue weighted by Gasteiger charge is -2.10. The van der Waals surface area contributed by atoms with Crippen LogP contribution in [0.1, 0.15) is 42.6 Å². The summed E-state index contributed by atoms with van der Waals surface area (Å²) < 4.78 is 1.37. The molecule has 3 rings (SSSR count). The summed E-state index contributed by atoms with van der Waals surface area (Å²) in [7, 11) is 0. The Balaban J connectivity index is 1.68. The van der Waals surface area contributed by atoms with Crippen molar-refractivity contribution in [2.75, 3.05) is 5.32 Å². The molecule has 1 aromatic heterocycles. The van der Waals surface area contributed by atoms with Gasteiger partial charge in [0.2, 0.25) is 5.91 Å². The number of hydrogen-bond acceptors (Lipinski definition) is 4. The van der Waals surface area contributed by atoms with Crippen LogP contribution in [0.2, 0.25) is 0 Å². The third kappa shape index (κ3) is 3.74. The normalized spacial score (nSPS) is 14.8. The third-order valence-corrected chi connectivity index (χ3v) is 4.06. The minimum absolute atomic E-state index is 0.0128. The van der Waals surface area contributed by atoms with E-state index in [1.54, 1.807) is 24.3 Å². The molecule has 7 heteroatoms. The Labute approximate surface area is 133 Å². The summed E-state index contributed by atoms with van der Waals surface area (Å²) >= 11 is 0. The Morgan fingerprint density at radius 3 is 2.78 bits per heavy atom. The molecule has 0 unspecified atom stereocenters. The van der Waals surface area contributed by atoms with E-state index in [-0.39, 0.29) is 11.6 Å². The Morgan fingerprint density at radius 1 is 1.30 bits per heavy atom. The summed E-state index contributed by atoms with van der Waals surface area (Å²) in [5, 5.41) is 19.1.